The predicted molar refractivity (Wildman–Crippen MR) is 265 cm³/mol. The number of unbranched alkanes of at least 4 members (excludes halogenated alkanes) is 10. The number of oxime groups is 1. The van der Waals surface area contributed by atoms with Crippen LogP contribution >= 0.6 is 0 Å². The molecule has 6 atom stereocenters. The Morgan fingerprint density at radius 3 is 2.26 bits per heavy atom. The molecule has 0 spiro atoms. The summed E-state index contributed by atoms with van der Waals surface area (Å²) in [7, 11) is 0. The first-order chi connectivity index (χ1) is 32.9. The van der Waals surface area contributed by atoms with Crippen molar-refractivity contribution in [1.82, 2.24) is 4.90 Å². The van der Waals surface area contributed by atoms with Gasteiger partial charge < -0.3 is 34.2 Å². The summed E-state index contributed by atoms with van der Waals surface area (Å²) in [4.78, 5) is 23.4. The Balaban J connectivity index is 1.51. The van der Waals surface area contributed by atoms with Crippen molar-refractivity contribution in [2.24, 2.45) is 22.9 Å². The van der Waals surface area contributed by atoms with E-state index in [1.165, 1.54) is 50.3 Å². The van der Waals surface area contributed by atoms with Crippen LogP contribution in [0.4, 0.5) is 8.78 Å². The van der Waals surface area contributed by atoms with Gasteiger partial charge in [-0.3, -0.25) is 4.79 Å². The first kappa shape index (κ1) is 52.8. The van der Waals surface area contributed by atoms with Crippen molar-refractivity contribution in [3.05, 3.63) is 119 Å². The maximum Gasteiger partial charge on any atom is 0.239 e. The molecule has 1 fully saturated rings. The fourth-order valence-corrected chi connectivity index (χ4v) is 10.6. The van der Waals surface area contributed by atoms with Crippen molar-refractivity contribution in [3.8, 4) is 11.5 Å². The van der Waals surface area contributed by atoms with Crippen LogP contribution < -0.4 is 9.47 Å². The van der Waals surface area contributed by atoms with Gasteiger partial charge in [-0.15, -0.1) is 6.58 Å². The molecule has 372 valence electrons. The Labute approximate surface area is 405 Å². The molecule has 0 bridgehead atoms. The summed E-state index contributed by atoms with van der Waals surface area (Å²) in [5.41, 5.74) is 3.14. The fraction of sp³-hybridized carbons (Fsp3) is 0.579. The number of hydrogen-bond acceptors (Lipinski definition) is 8. The van der Waals surface area contributed by atoms with Gasteiger partial charge in [0, 0.05) is 49.6 Å². The van der Waals surface area contributed by atoms with Crippen molar-refractivity contribution in [2.75, 3.05) is 19.8 Å². The Kier molecular flexibility index (Phi) is 20.1. The summed E-state index contributed by atoms with van der Waals surface area (Å²) >= 11 is 0. The molecular formula is C57H78F2N2O7. The molecule has 3 aromatic carbocycles. The minimum atomic E-state index is -1.45. The van der Waals surface area contributed by atoms with Crippen LogP contribution in [0.5, 0.6) is 11.5 Å². The molecule has 1 heterocycles. The van der Waals surface area contributed by atoms with E-state index in [9.17, 15) is 19.0 Å². The van der Waals surface area contributed by atoms with Crippen LogP contribution in [0.1, 0.15) is 159 Å². The number of ether oxygens (including phenoxy) is 3. The van der Waals surface area contributed by atoms with Gasteiger partial charge in [-0.25, -0.2) is 8.78 Å². The summed E-state index contributed by atoms with van der Waals surface area (Å²) in [5, 5.41) is 25.0. The van der Waals surface area contributed by atoms with E-state index in [1.807, 2.05) is 43.9 Å². The number of aliphatic hydroxyl groups excluding tert-OH is 2. The number of hydrogen-bond donors (Lipinski definition) is 2. The molecule has 0 saturated heterocycles. The lowest BCUT2D eigenvalue weighted by Gasteiger charge is -2.60. The Morgan fingerprint density at radius 1 is 0.897 bits per heavy atom. The molecular weight excluding hydrogens is 863 g/mol. The quantitative estimate of drug-likeness (QED) is 0.0424. The van der Waals surface area contributed by atoms with Crippen LogP contribution in [0.15, 0.2) is 96.2 Å². The average Bonchev–Trinajstić information content (AvgIpc) is 3.32. The lowest BCUT2D eigenvalue weighted by atomic mass is 9.55. The van der Waals surface area contributed by atoms with Gasteiger partial charge in [0.1, 0.15) is 41.4 Å². The number of halogens is 2. The van der Waals surface area contributed by atoms with Crippen LogP contribution in [-0.2, 0) is 27.5 Å². The Hall–Kier alpha value is -4.58. The molecule has 11 heteroatoms. The van der Waals surface area contributed by atoms with Crippen LogP contribution in [0.25, 0.3) is 0 Å². The van der Waals surface area contributed by atoms with E-state index in [4.69, 9.17) is 24.2 Å². The number of carbonyl (C=O) groups excluding carboxylic acids is 1. The van der Waals surface area contributed by atoms with Crippen molar-refractivity contribution in [1.29, 1.82) is 0 Å². The van der Waals surface area contributed by atoms with Gasteiger partial charge in [0.15, 0.2) is 0 Å². The third-order valence-electron chi connectivity index (χ3n) is 13.9. The molecule has 68 heavy (non-hydrogen) atoms. The second kappa shape index (κ2) is 25.9. The maximum atomic E-state index is 15.2. The molecule has 3 aromatic rings. The van der Waals surface area contributed by atoms with E-state index in [0.29, 0.717) is 42.0 Å². The van der Waals surface area contributed by atoms with E-state index in [-0.39, 0.29) is 74.7 Å². The Bertz CT molecular complexity index is 2120. The highest BCUT2D eigenvalue weighted by atomic mass is 19.1. The summed E-state index contributed by atoms with van der Waals surface area (Å²) in [6.07, 6.45) is 19.1. The predicted octanol–water partition coefficient (Wildman–Crippen LogP) is 12.9. The number of aliphatic hydroxyl groups is 2. The molecule has 2 aliphatic carbocycles. The van der Waals surface area contributed by atoms with E-state index in [0.717, 1.165) is 68.1 Å². The lowest BCUT2D eigenvalue weighted by molar-refractivity contribution is -0.258. The topological polar surface area (TPSA) is 110 Å². The number of nitrogens with zero attached hydrogens (tertiary/aromatic N) is 2. The standard InChI is InChI=1S/C57H78F2N2O7/c1-6-8-9-10-11-12-13-14-15-26-53(64)61(39-41-27-29-44(58)30-28-41)52-38-50(60-68-56(3,4)5)47-36-42(22-18-20-33-62)46(24-19-21-34-63)54-48-37-45(65-40-43-23-16-17-25-49(43)59)31-32-51(48)67-57(52,55(47)54)66-35-7-2/h7,16-17,23,25,27-32,36-37,42,46,52,54-55,62-63H,2,6,8-15,18-22,24,26,33-35,38-40H2,1,3-5H3. The van der Waals surface area contributed by atoms with Crippen LogP contribution in [-0.4, -0.2) is 64.0 Å². The number of rotatable bonds is 28. The highest BCUT2D eigenvalue weighted by Crippen LogP contribution is 2.62. The SMILES string of the molecule is C=CCOC12Oc3ccc(OCc4ccccc4F)cc3C3C(CCCCO)C(CCCCO)C=C(C(=NOC(C)(C)C)CC1N(Cc1ccc(F)cc1)C(=O)CCCCCCCCCCC)C32. The third-order valence-corrected chi connectivity index (χ3v) is 13.9. The second-order valence-electron chi connectivity index (χ2n) is 20.1. The van der Waals surface area contributed by atoms with Gasteiger partial charge in [0.05, 0.1) is 18.2 Å². The minimum absolute atomic E-state index is 0.0110. The molecule has 1 saturated carbocycles. The van der Waals surface area contributed by atoms with Crippen LogP contribution in [0.3, 0.4) is 0 Å². The molecule has 9 nitrogen and oxygen atoms in total. The molecule has 1 aliphatic heterocycles. The summed E-state index contributed by atoms with van der Waals surface area (Å²) in [6.45, 7) is 12.7. The van der Waals surface area contributed by atoms with E-state index < -0.39 is 23.3 Å². The van der Waals surface area contributed by atoms with Crippen LogP contribution in [0.2, 0.25) is 0 Å². The molecule has 0 aromatic heterocycles. The van der Waals surface area contributed by atoms with Crippen molar-refractivity contribution < 1.29 is 42.8 Å². The maximum absolute atomic E-state index is 15.2. The van der Waals surface area contributed by atoms with E-state index in [2.05, 4.69) is 19.6 Å². The summed E-state index contributed by atoms with van der Waals surface area (Å²) in [5.74, 6) is -1.76. The molecule has 3 aliphatic rings. The summed E-state index contributed by atoms with van der Waals surface area (Å²) < 4.78 is 50.3. The van der Waals surface area contributed by atoms with E-state index >= 15 is 4.79 Å². The normalized spacial score (nSPS) is 22.4. The van der Waals surface area contributed by atoms with Gasteiger partial charge in [0.2, 0.25) is 11.7 Å². The number of allylic oxidation sites excluding steroid dienone is 1. The number of benzene rings is 3. The zero-order valence-electron chi connectivity index (χ0n) is 41.2. The third kappa shape index (κ3) is 13.8. The Morgan fingerprint density at radius 2 is 1.59 bits per heavy atom. The van der Waals surface area contributed by atoms with Crippen LogP contribution in [0, 0.1) is 29.4 Å². The largest absolute Gasteiger partial charge is 0.489 e. The molecule has 2 N–H and O–H groups in total. The number of fused-ring (bicyclic) bond motifs is 2. The lowest BCUT2D eigenvalue weighted by Crippen LogP contribution is -2.70. The zero-order chi connectivity index (χ0) is 48.5. The second-order valence-corrected chi connectivity index (χ2v) is 20.1. The van der Waals surface area contributed by atoms with Gasteiger partial charge in [-0.2, -0.15) is 0 Å². The van der Waals surface area contributed by atoms with Gasteiger partial charge in [-0.05, 0) is 112 Å². The fourth-order valence-electron chi connectivity index (χ4n) is 10.6. The van der Waals surface area contributed by atoms with Crippen molar-refractivity contribution in [3.63, 3.8) is 0 Å². The highest BCUT2D eigenvalue weighted by molar-refractivity contribution is 6.03. The highest BCUT2D eigenvalue weighted by Gasteiger charge is 2.65. The number of amides is 1. The minimum Gasteiger partial charge on any atom is -0.489 e. The van der Waals surface area contributed by atoms with Crippen molar-refractivity contribution in [2.45, 2.75) is 173 Å². The van der Waals surface area contributed by atoms with Crippen molar-refractivity contribution >= 4 is 11.6 Å². The van der Waals surface area contributed by atoms with Gasteiger partial charge in [-0.1, -0.05) is 119 Å². The van der Waals surface area contributed by atoms with Gasteiger partial charge >= 0.3 is 0 Å². The van der Waals surface area contributed by atoms with E-state index in [1.54, 1.807) is 36.4 Å². The summed E-state index contributed by atoms with van der Waals surface area (Å²) in [6, 6.07) is 17.9. The molecule has 6 unspecified atom stereocenters. The molecule has 0 radical (unpaired) electrons. The molecule has 1 amide bonds. The monoisotopic (exact) mass is 941 g/mol. The first-order valence-electron chi connectivity index (χ1n) is 25.6. The van der Waals surface area contributed by atoms with Gasteiger partial charge in [0.25, 0.3) is 0 Å². The first-order valence-corrected chi connectivity index (χ1v) is 25.6. The average molecular weight is 941 g/mol. The number of carbonyl (C=O) groups is 1. The molecule has 6 rings (SSSR count). The zero-order valence-corrected chi connectivity index (χ0v) is 41.2. The smallest absolute Gasteiger partial charge is 0.239 e.